The summed E-state index contributed by atoms with van der Waals surface area (Å²) < 4.78 is 12.5. The Morgan fingerprint density at radius 2 is 1.81 bits per heavy atom. The van der Waals surface area contributed by atoms with Gasteiger partial charge in [0.25, 0.3) is 5.56 Å². The van der Waals surface area contributed by atoms with E-state index < -0.39 is 0 Å². The smallest absolute Gasteiger partial charge is 0.272 e. The van der Waals surface area contributed by atoms with Crippen LogP contribution in [0.5, 0.6) is 11.5 Å². The second-order valence-electron chi connectivity index (χ2n) is 8.24. The topological polar surface area (TPSA) is 76.9 Å². The van der Waals surface area contributed by atoms with Crippen molar-refractivity contribution in [2.75, 3.05) is 33.0 Å². The number of nitrogens with zero attached hydrogens (tertiary/aromatic N) is 4. The van der Waals surface area contributed by atoms with Crippen LogP contribution in [-0.2, 0) is 17.9 Å². The summed E-state index contributed by atoms with van der Waals surface area (Å²) in [6.45, 7) is 6.18. The van der Waals surface area contributed by atoms with E-state index in [1.807, 2.05) is 41.3 Å². The van der Waals surface area contributed by atoms with Gasteiger partial charge in [0, 0.05) is 45.7 Å². The molecule has 0 spiro atoms. The number of amides is 1. The molecule has 2 aliphatic heterocycles. The minimum atomic E-state index is -0.134. The molecule has 166 valence electrons. The molecule has 1 amide bonds. The third-order valence-electron chi connectivity index (χ3n) is 6.13. The summed E-state index contributed by atoms with van der Waals surface area (Å²) in [7, 11) is 0. The van der Waals surface area contributed by atoms with Crippen LogP contribution in [0.25, 0.3) is 11.0 Å². The van der Waals surface area contributed by atoms with E-state index in [9.17, 15) is 9.59 Å². The summed E-state index contributed by atoms with van der Waals surface area (Å²) in [6.07, 6.45) is 0.301. The second kappa shape index (κ2) is 8.63. The van der Waals surface area contributed by atoms with Crippen molar-refractivity contribution in [1.82, 2.24) is 19.4 Å². The third kappa shape index (κ3) is 4.05. The number of hydrogen-bond acceptors (Lipinski definition) is 6. The average Bonchev–Trinajstić information content (AvgIpc) is 3.28. The van der Waals surface area contributed by atoms with Crippen LogP contribution in [-0.4, -0.2) is 58.2 Å². The second-order valence-corrected chi connectivity index (χ2v) is 8.24. The molecule has 0 bridgehead atoms. The van der Waals surface area contributed by atoms with E-state index in [0.717, 1.165) is 42.2 Å². The van der Waals surface area contributed by atoms with Gasteiger partial charge in [0.2, 0.25) is 12.7 Å². The molecule has 0 aliphatic carbocycles. The fraction of sp³-hybridized carbons (Fsp3) is 0.375. The molecule has 2 aromatic carbocycles. The molecular weight excluding hydrogens is 408 g/mol. The Labute approximate surface area is 186 Å². The quantitative estimate of drug-likeness (QED) is 0.613. The zero-order valence-electron chi connectivity index (χ0n) is 18.1. The number of carbonyl (C=O) groups excluding carboxylic acids is 1. The number of hydrogen-bond donors (Lipinski definition) is 0. The van der Waals surface area contributed by atoms with Crippen LogP contribution in [0.2, 0.25) is 0 Å². The Kier molecular flexibility index (Phi) is 5.53. The summed E-state index contributed by atoms with van der Waals surface area (Å²) in [5.74, 6) is 1.67. The normalized spacial score (nSPS) is 16.0. The molecule has 5 rings (SSSR count). The fourth-order valence-corrected chi connectivity index (χ4v) is 4.36. The summed E-state index contributed by atoms with van der Waals surface area (Å²) in [5, 5.41) is 0. The lowest BCUT2D eigenvalue weighted by Gasteiger charge is -2.35. The van der Waals surface area contributed by atoms with Crippen molar-refractivity contribution in [2.45, 2.75) is 26.4 Å². The predicted octanol–water partition coefficient (Wildman–Crippen LogP) is 2.17. The molecule has 0 saturated carbocycles. The predicted molar refractivity (Wildman–Crippen MR) is 120 cm³/mol. The number of aryl methyl sites for hydroxylation is 2. The lowest BCUT2D eigenvalue weighted by Crippen LogP contribution is -2.48. The number of carbonyl (C=O) groups is 1. The first-order valence-corrected chi connectivity index (χ1v) is 10.9. The van der Waals surface area contributed by atoms with Gasteiger partial charge >= 0.3 is 0 Å². The molecule has 0 radical (unpaired) electrons. The summed E-state index contributed by atoms with van der Waals surface area (Å²) in [5.41, 5.74) is 3.03. The molecule has 0 unspecified atom stereocenters. The van der Waals surface area contributed by atoms with Crippen LogP contribution < -0.4 is 15.0 Å². The van der Waals surface area contributed by atoms with Crippen molar-refractivity contribution in [3.63, 3.8) is 0 Å². The Bertz CT molecular complexity index is 1210. The van der Waals surface area contributed by atoms with Gasteiger partial charge in [-0.1, -0.05) is 18.2 Å². The maximum Gasteiger partial charge on any atom is 0.272 e. The zero-order valence-corrected chi connectivity index (χ0v) is 18.1. The van der Waals surface area contributed by atoms with Crippen LogP contribution in [0, 0.1) is 6.92 Å². The third-order valence-corrected chi connectivity index (χ3v) is 6.13. The lowest BCUT2D eigenvalue weighted by atomic mass is 10.1. The van der Waals surface area contributed by atoms with Crippen molar-refractivity contribution in [1.29, 1.82) is 0 Å². The highest BCUT2D eigenvalue weighted by Gasteiger charge is 2.22. The van der Waals surface area contributed by atoms with Crippen LogP contribution in [0.1, 0.15) is 17.7 Å². The SMILES string of the molecule is Cc1nc2ccccc2n(CCC(=O)N2CCN(Cc3ccc4c(c3)OCO4)CC2)c1=O. The molecule has 2 aliphatic rings. The molecule has 8 nitrogen and oxygen atoms in total. The highest BCUT2D eigenvalue weighted by Crippen LogP contribution is 2.32. The molecule has 0 N–H and O–H groups in total. The average molecular weight is 434 g/mol. The van der Waals surface area contributed by atoms with Crippen molar-refractivity contribution >= 4 is 16.9 Å². The molecule has 0 atom stereocenters. The fourth-order valence-electron chi connectivity index (χ4n) is 4.36. The number of ether oxygens (including phenoxy) is 2. The van der Waals surface area contributed by atoms with E-state index in [4.69, 9.17) is 9.47 Å². The van der Waals surface area contributed by atoms with E-state index in [2.05, 4.69) is 16.0 Å². The summed E-state index contributed by atoms with van der Waals surface area (Å²) >= 11 is 0. The summed E-state index contributed by atoms with van der Waals surface area (Å²) in [6, 6.07) is 13.6. The first kappa shape index (κ1) is 20.5. The first-order chi connectivity index (χ1) is 15.6. The van der Waals surface area contributed by atoms with Crippen molar-refractivity contribution in [3.05, 3.63) is 64.1 Å². The standard InChI is InChI=1S/C24H26N4O4/c1-17-24(30)28(20-5-3-2-4-19(20)25-17)9-8-23(29)27-12-10-26(11-13-27)15-18-6-7-21-22(14-18)32-16-31-21/h2-7,14H,8-13,15-16H2,1H3. The highest BCUT2D eigenvalue weighted by atomic mass is 16.7. The molecule has 1 aromatic heterocycles. The van der Waals surface area contributed by atoms with E-state index in [1.165, 1.54) is 5.56 Å². The Morgan fingerprint density at radius 3 is 2.66 bits per heavy atom. The van der Waals surface area contributed by atoms with Gasteiger partial charge in [0.15, 0.2) is 11.5 Å². The number of rotatable bonds is 5. The monoisotopic (exact) mass is 434 g/mol. The molecule has 1 saturated heterocycles. The van der Waals surface area contributed by atoms with Gasteiger partial charge < -0.3 is 18.9 Å². The van der Waals surface area contributed by atoms with E-state index in [-0.39, 0.29) is 18.3 Å². The number of aromatic nitrogens is 2. The number of benzene rings is 2. The van der Waals surface area contributed by atoms with Crippen LogP contribution in [0.4, 0.5) is 0 Å². The Hall–Kier alpha value is -3.39. The first-order valence-electron chi connectivity index (χ1n) is 10.9. The molecule has 3 aromatic rings. The van der Waals surface area contributed by atoms with Gasteiger partial charge in [-0.15, -0.1) is 0 Å². The van der Waals surface area contributed by atoms with Gasteiger partial charge in [-0.25, -0.2) is 4.98 Å². The Morgan fingerprint density at radius 1 is 1.03 bits per heavy atom. The largest absolute Gasteiger partial charge is 0.454 e. The van der Waals surface area contributed by atoms with Gasteiger partial charge in [-0.05, 0) is 36.8 Å². The van der Waals surface area contributed by atoms with Crippen molar-refractivity contribution in [3.8, 4) is 11.5 Å². The molecule has 8 heteroatoms. The summed E-state index contributed by atoms with van der Waals surface area (Å²) in [4.78, 5) is 34.1. The lowest BCUT2D eigenvalue weighted by molar-refractivity contribution is -0.133. The Balaban J connectivity index is 1.17. The van der Waals surface area contributed by atoms with Gasteiger partial charge in [0.05, 0.1) is 11.0 Å². The number of piperazine rings is 1. The zero-order chi connectivity index (χ0) is 22.1. The van der Waals surface area contributed by atoms with Crippen LogP contribution in [0.3, 0.4) is 0 Å². The number of para-hydroxylation sites is 2. The van der Waals surface area contributed by atoms with E-state index >= 15 is 0 Å². The van der Waals surface area contributed by atoms with E-state index in [0.29, 0.717) is 31.7 Å². The minimum absolute atomic E-state index is 0.0816. The van der Waals surface area contributed by atoms with Gasteiger partial charge in [-0.3, -0.25) is 14.5 Å². The van der Waals surface area contributed by atoms with Crippen LogP contribution >= 0.6 is 0 Å². The van der Waals surface area contributed by atoms with Gasteiger partial charge in [-0.2, -0.15) is 0 Å². The highest BCUT2D eigenvalue weighted by molar-refractivity contribution is 5.77. The van der Waals surface area contributed by atoms with Gasteiger partial charge in [0.1, 0.15) is 5.69 Å². The maximum atomic E-state index is 12.8. The number of fused-ring (bicyclic) bond motifs is 2. The van der Waals surface area contributed by atoms with E-state index in [1.54, 1.807) is 11.5 Å². The maximum absolute atomic E-state index is 12.8. The molecule has 32 heavy (non-hydrogen) atoms. The molecule has 1 fully saturated rings. The van der Waals surface area contributed by atoms with Crippen molar-refractivity contribution in [2.24, 2.45) is 0 Å². The van der Waals surface area contributed by atoms with Crippen molar-refractivity contribution < 1.29 is 14.3 Å². The molecular formula is C24H26N4O4. The molecule has 3 heterocycles. The van der Waals surface area contributed by atoms with Crippen LogP contribution in [0.15, 0.2) is 47.3 Å². The minimum Gasteiger partial charge on any atom is -0.454 e.